The average Bonchev–Trinajstić information content (AvgIpc) is 2.27. The molecule has 1 heterocycles. The topological polar surface area (TPSA) is 22.1 Å². The Kier molecular flexibility index (Phi) is 2.60. The van der Waals surface area contributed by atoms with E-state index >= 15 is 0 Å². The van der Waals surface area contributed by atoms with Gasteiger partial charge in [0.15, 0.2) is 0 Å². The molecule has 0 atom stereocenters. The number of fused-ring (bicyclic) bond motifs is 1. The number of hydrogen-bond acceptors (Lipinski definition) is 2. The van der Waals surface area contributed by atoms with Crippen LogP contribution in [0.3, 0.4) is 0 Å². The zero-order valence-electron chi connectivity index (χ0n) is 8.33. The molecule has 0 bridgehead atoms. The van der Waals surface area contributed by atoms with Gasteiger partial charge in [0.25, 0.3) is 0 Å². The van der Waals surface area contributed by atoms with Crippen molar-refractivity contribution in [2.24, 2.45) is 0 Å². The van der Waals surface area contributed by atoms with Crippen LogP contribution in [0.25, 0.3) is 16.7 Å². The lowest BCUT2D eigenvalue weighted by Crippen LogP contribution is -1.87. The van der Waals surface area contributed by atoms with Crippen LogP contribution in [0.4, 0.5) is 0 Å². The highest BCUT2D eigenvalue weighted by Gasteiger charge is 2.01. The van der Waals surface area contributed by atoms with Gasteiger partial charge in [0, 0.05) is 10.9 Å². The highest BCUT2D eigenvalue weighted by atomic mass is 35.5. The third-order valence-electron chi connectivity index (χ3n) is 2.23. The number of pyridine rings is 1. The maximum Gasteiger partial charge on any atom is 0.129 e. The predicted molar refractivity (Wildman–Crippen MR) is 62.8 cm³/mol. The van der Waals surface area contributed by atoms with Crippen molar-refractivity contribution in [3.63, 3.8) is 0 Å². The lowest BCUT2D eigenvalue weighted by atomic mass is 10.1. The Bertz CT molecular complexity index is 522. The van der Waals surface area contributed by atoms with Crippen LogP contribution in [-0.2, 0) is 4.74 Å². The molecular formula is C12H10ClNO. The molecule has 0 aliphatic rings. The van der Waals surface area contributed by atoms with E-state index in [0.717, 1.165) is 16.5 Å². The third-order valence-corrected chi connectivity index (χ3v) is 2.44. The van der Waals surface area contributed by atoms with Crippen LogP contribution in [-0.4, -0.2) is 12.1 Å². The summed E-state index contributed by atoms with van der Waals surface area (Å²) < 4.78 is 5.06. The lowest BCUT2D eigenvalue weighted by Gasteiger charge is -2.05. The van der Waals surface area contributed by atoms with E-state index in [-0.39, 0.29) is 0 Å². The van der Waals surface area contributed by atoms with Gasteiger partial charge in [-0.15, -0.1) is 0 Å². The number of halogens is 1. The van der Waals surface area contributed by atoms with Gasteiger partial charge in [0.05, 0.1) is 12.6 Å². The van der Waals surface area contributed by atoms with Crippen molar-refractivity contribution in [2.75, 3.05) is 7.11 Å². The molecule has 0 unspecified atom stereocenters. The Labute approximate surface area is 93.2 Å². The summed E-state index contributed by atoms with van der Waals surface area (Å²) in [4.78, 5) is 4.22. The van der Waals surface area contributed by atoms with Gasteiger partial charge in [-0.3, -0.25) is 0 Å². The molecule has 0 amide bonds. The number of benzene rings is 1. The smallest absolute Gasteiger partial charge is 0.129 e. The van der Waals surface area contributed by atoms with Gasteiger partial charge in [-0.05, 0) is 18.2 Å². The van der Waals surface area contributed by atoms with Crippen LogP contribution in [0.5, 0.6) is 0 Å². The lowest BCUT2D eigenvalue weighted by molar-refractivity contribution is 0.371. The summed E-state index contributed by atoms with van der Waals surface area (Å²) in [5, 5.41) is 1.54. The van der Waals surface area contributed by atoms with E-state index in [1.54, 1.807) is 13.2 Å². The monoisotopic (exact) mass is 219 g/mol. The Morgan fingerprint density at radius 3 is 2.80 bits per heavy atom. The molecule has 0 N–H and O–H groups in total. The number of aromatic nitrogens is 1. The van der Waals surface area contributed by atoms with E-state index in [1.165, 1.54) is 0 Å². The Balaban J connectivity index is 2.59. The number of hydrogen-bond donors (Lipinski definition) is 0. The highest BCUT2D eigenvalue weighted by Crippen LogP contribution is 2.20. The molecule has 0 spiro atoms. The van der Waals surface area contributed by atoms with Crippen molar-refractivity contribution in [3.8, 4) is 0 Å². The second kappa shape index (κ2) is 3.91. The van der Waals surface area contributed by atoms with Crippen molar-refractivity contribution >= 4 is 28.3 Å². The molecule has 0 aliphatic heterocycles. The third kappa shape index (κ3) is 1.95. The zero-order chi connectivity index (χ0) is 10.8. The molecule has 2 rings (SSSR count). The molecule has 2 aromatic rings. The van der Waals surface area contributed by atoms with E-state index in [1.807, 2.05) is 24.3 Å². The van der Waals surface area contributed by atoms with Gasteiger partial charge in [-0.25, -0.2) is 4.98 Å². The molecule has 0 aliphatic carbocycles. The molecule has 3 heteroatoms. The van der Waals surface area contributed by atoms with E-state index in [2.05, 4.69) is 11.6 Å². The Hall–Kier alpha value is -1.54. The number of nitrogens with zero attached hydrogens (tertiary/aromatic N) is 1. The largest absolute Gasteiger partial charge is 0.497 e. The predicted octanol–water partition coefficient (Wildman–Crippen LogP) is 3.51. The van der Waals surface area contributed by atoms with Crippen LogP contribution < -0.4 is 0 Å². The maximum atomic E-state index is 5.82. The second-order valence-electron chi connectivity index (χ2n) is 3.17. The first kappa shape index (κ1) is 9.99. The van der Waals surface area contributed by atoms with Gasteiger partial charge in [-0.1, -0.05) is 30.3 Å². The van der Waals surface area contributed by atoms with Crippen LogP contribution in [0, 0.1) is 0 Å². The first-order chi connectivity index (χ1) is 7.20. The molecule has 0 radical (unpaired) electrons. The van der Waals surface area contributed by atoms with Gasteiger partial charge in [0.2, 0.25) is 0 Å². The van der Waals surface area contributed by atoms with Crippen molar-refractivity contribution in [1.82, 2.24) is 4.98 Å². The molecule has 2 nitrogen and oxygen atoms in total. The molecule has 1 aromatic carbocycles. The van der Waals surface area contributed by atoms with Crippen LogP contribution >= 0.6 is 11.6 Å². The fraction of sp³-hybridized carbons (Fsp3) is 0.0833. The first-order valence-electron chi connectivity index (χ1n) is 4.50. The summed E-state index contributed by atoms with van der Waals surface area (Å²) in [5.41, 5.74) is 1.76. The summed E-state index contributed by atoms with van der Waals surface area (Å²) in [6, 6.07) is 9.54. The minimum atomic E-state index is 0.489. The number of methoxy groups -OCH3 is 1. The second-order valence-corrected chi connectivity index (χ2v) is 3.56. The van der Waals surface area contributed by atoms with Gasteiger partial charge in [-0.2, -0.15) is 0 Å². The van der Waals surface area contributed by atoms with Crippen molar-refractivity contribution < 1.29 is 4.74 Å². The highest BCUT2D eigenvalue weighted by molar-refractivity contribution is 6.29. The Morgan fingerprint density at radius 1 is 1.33 bits per heavy atom. The van der Waals surface area contributed by atoms with Crippen molar-refractivity contribution in [2.45, 2.75) is 0 Å². The fourth-order valence-electron chi connectivity index (χ4n) is 1.38. The summed E-state index contributed by atoms with van der Waals surface area (Å²) >= 11 is 5.82. The molecule has 0 saturated carbocycles. The van der Waals surface area contributed by atoms with Gasteiger partial charge >= 0.3 is 0 Å². The molecule has 0 fully saturated rings. The molecular weight excluding hydrogens is 210 g/mol. The van der Waals surface area contributed by atoms with Crippen molar-refractivity contribution in [3.05, 3.63) is 47.6 Å². The average molecular weight is 220 g/mol. The van der Waals surface area contributed by atoms with Gasteiger partial charge in [0.1, 0.15) is 10.9 Å². The number of ether oxygens (including phenoxy) is 1. The first-order valence-corrected chi connectivity index (χ1v) is 4.88. The van der Waals surface area contributed by atoms with E-state index in [9.17, 15) is 0 Å². The normalized spacial score (nSPS) is 10.3. The van der Waals surface area contributed by atoms with Crippen molar-refractivity contribution in [1.29, 1.82) is 0 Å². The number of rotatable bonds is 2. The summed E-state index contributed by atoms with van der Waals surface area (Å²) in [7, 11) is 1.60. The van der Waals surface area contributed by atoms with Crippen LogP contribution in [0.15, 0.2) is 36.9 Å². The van der Waals surface area contributed by atoms with Crippen LogP contribution in [0.1, 0.15) is 5.56 Å². The van der Waals surface area contributed by atoms with E-state index < -0.39 is 0 Å². The Morgan fingerprint density at radius 2 is 2.07 bits per heavy atom. The minimum absolute atomic E-state index is 0.489. The quantitative estimate of drug-likeness (QED) is 0.570. The molecule has 76 valence electrons. The summed E-state index contributed by atoms with van der Waals surface area (Å²) in [5.74, 6) is 0.624. The zero-order valence-corrected chi connectivity index (χ0v) is 9.08. The minimum Gasteiger partial charge on any atom is -0.497 e. The maximum absolute atomic E-state index is 5.82. The molecule has 1 aromatic heterocycles. The summed E-state index contributed by atoms with van der Waals surface area (Å²) in [6.45, 7) is 3.79. The molecule has 15 heavy (non-hydrogen) atoms. The fourth-order valence-corrected chi connectivity index (χ4v) is 1.54. The van der Waals surface area contributed by atoms with Gasteiger partial charge < -0.3 is 4.74 Å². The molecule has 0 saturated heterocycles. The SMILES string of the molecule is C=C(OC)c1ccc2ccc(Cl)nc2c1. The standard InChI is InChI=1S/C12H10ClNO/c1-8(15-2)10-4-3-9-5-6-12(13)14-11(9)7-10/h3-7H,1H2,2H3. The van der Waals surface area contributed by atoms with Crippen LogP contribution in [0.2, 0.25) is 5.15 Å². The van der Waals surface area contributed by atoms with E-state index in [4.69, 9.17) is 16.3 Å². The summed E-state index contributed by atoms with van der Waals surface area (Å²) in [6.07, 6.45) is 0. The van der Waals surface area contributed by atoms with E-state index in [0.29, 0.717) is 10.9 Å².